The summed E-state index contributed by atoms with van der Waals surface area (Å²) < 4.78 is 1.99. The van der Waals surface area contributed by atoms with Gasteiger partial charge in [0.15, 0.2) is 5.82 Å². The summed E-state index contributed by atoms with van der Waals surface area (Å²) in [5.74, 6) is 0.874. The number of rotatable bonds is 3. The maximum Gasteiger partial charge on any atom is 0.156 e. The number of fused-ring (bicyclic) bond motifs is 1. The van der Waals surface area contributed by atoms with Crippen LogP contribution in [0.2, 0.25) is 0 Å². The summed E-state index contributed by atoms with van der Waals surface area (Å²) >= 11 is 0. The van der Waals surface area contributed by atoms with Gasteiger partial charge in [-0.1, -0.05) is 0 Å². The molecule has 0 bridgehead atoms. The first kappa shape index (κ1) is 11.9. The summed E-state index contributed by atoms with van der Waals surface area (Å²) in [6, 6.07) is 1.97. The van der Waals surface area contributed by atoms with Gasteiger partial charge in [0, 0.05) is 32.4 Å². The van der Waals surface area contributed by atoms with Gasteiger partial charge in [0.2, 0.25) is 0 Å². The van der Waals surface area contributed by atoms with Crippen LogP contribution in [0, 0.1) is 0 Å². The van der Waals surface area contributed by atoms with Crippen molar-refractivity contribution in [3.8, 4) is 0 Å². The molecule has 0 amide bonds. The van der Waals surface area contributed by atoms with E-state index in [0.29, 0.717) is 6.54 Å². The van der Waals surface area contributed by atoms with Gasteiger partial charge in [-0.2, -0.15) is 0 Å². The average molecular weight is 233 g/mol. The van der Waals surface area contributed by atoms with E-state index < -0.39 is 0 Å². The molecule has 5 nitrogen and oxygen atoms in total. The molecule has 92 valence electrons. The molecule has 0 spiro atoms. The zero-order chi connectivity index (χ0) is 12.6. The molecule has 17 heavy (non-hydrogen) atoms. The highest BCUT2D eigenvalue weighted by atomic mass is 15.2. The number of pyridine rings is 1. The van der Waals surface area contributed by atoms with Crippen LogP contribution in [-0.2, 0) is 7.05 Å². The third kappa shape index (κ3) is 1.86. The highest BCUT2D eigenvalue weighted by molar-refractivity contribution is 5.86. The normalized spacial score (nSPS) is 12.1. The molecule has 0 aliphatic carbocycles. The fourth-order valence-electron chi connectivity index (χ4n) is 1.72. The first-order valence-corrected chi connectivity index (χ1v) is 5.67. The fraction of sp³-hybridized carbons (Fsp3) is 0.500. The van der Waals surface area contributed by atoms with Crippen LogP contribution in [0.3, 0.4) is 0 Å². The van der Waals surface area contributed by atoms with E-state index in [-0.39, 0.29) is 5.54 Å². The van der Waals surface area contributed by atoms with Crippen molar-refractivity contribution in [3.05, 3.63) is 18.6 Å². The third-order valence-electron chi connectivity index (χ3n) is 3.35. The van der Waals surface area contributed by atoms with Gasteiger partial charge in [-0.15, -0.1) is 0 Å². The van der Waals surface area contributed by atoms with Crippen LogP contribution in [0.5, 0.6) is 0 Å². The van der Waals surface area contributed by atoms with Crippen molar-refractivity contribution in [3.63, 3.8) is 0 Å². The van der Waals surface area contributed by atoms with Crippen LogP contribution in [-0.4, -0.2) is 33.7 Å². The van der Waals surface area contributed by atoms with E-state index in [2.05, 4.69) is 28.7 Å². The number of hydrogen-bond donors (Lipinski definition) is 1. The van der Waals surface area contributed by atoms with Crippen molar-refractivity contribution >= 4 is 16.9 Å². The molecule has 2 aromatic rings. The zero-order valence-corrected chi connectivity index (χ0v) is 10.8. The minimum absolute atomic E-state index is 0.140. The lowest BCUT2D eigenvalue weighted by Gasteiger charge is -2.35. The van der Waals surface area contributed by atoms with Gasteiger partial charge in [-0.25, -0.2) is 9.97 Å². The van der Waals surface area contributed by atoms with Crippen LogP contribution in [0.4, 0.5) is 5.82 Å². The number of aryl methyl sites for hydroxylation is 1. The Bertz CT molecular complexity index is 529. The quantitative estimate of drug-likeness (QED) is 0.863. The monoisotopic (exact) mass is 233 g/mol. The summed E-state index contributed by atoms with van der Waals surface area (Å²) in [6.45, 7) is 4.75. The molecular weight excluding hydrogens is 214 g/mol. The van der Waals surface area contributed by atoms with E-state index >= 15 is 0 Å². The zero-order valence-electron chi connectivity index (χ0n) is 10.8. The largest absolute Gasteiger partial charge is 0.351 e. The number of nitrogens with zero attached hydrogens (tertiary/aromatic N) is 4. The van der Waals surface area contributed by atoms with Crippen molar-refractivity contribution in [1.82, 2.24) is 14.5 Å². The Labute approximate surface area is 101 Å². The molecule has 0 radical (unpaired) electrons. The van der Waals surface area contributed by atoms with Gasteiger partial charge in [-0.3, -0.25) is 0 Å². The molecule has 5 heteroatoms. The van der Waals surface area contributed by atoms with Crippen molar-refractivity contribution in [2.75, 3.05) is 18.5 Å². The van der Waals surface area contributed by atoms with E-state index in [4.69, 9.17) is 5.73 Å². The predicted octanol–water partition coefficient (Wildman–Crippen LogP) is 1.14. The Morgan fingerprint density at radius 3 is 2.76 bits per heavy atom. The third-order valence-corrected chi connectivity index (χ3v) is 3.35. The first-order chi connectivity index (χ1) is 7.97. The smallest absolute Gasteiger partial charge is 0.156 e. The predicted molar refractivity (Wildman–Crippen MR) is 70.0 cm³/mol. The minimum Gasteiger partial charge on any atom is -0.351 e. The Morgan fingerprint density at radius 1 is 1.41 bits per heavy atom. The first-order valence-electron chi connectivity index (χ1n) is 5.67. The van der Waals surface area contributed by atoms with Gasteiger partial charge < -0.3 is 15.2 Å². The van der Waals surface area contributed by atoms with E-state index in [1.54, 1.807) is 6.33 Å². The summed E-state index contributed by atoms with van der Waals surface area (Å²) in [7, 11) is 3.98. The Kier molecular flexibility index (Phi) is 2.79. The lowest BCUT2D eigenvalue weighted by Crippen LogP contribution is -2.47. The maximum absolute atomic E-state index is 5.80. The number of imidazole rings is 1. The van der Waals surface area contributed by atoms with Gasteiger partial charge in [0.1, 0.15) is 5.52 Å². The molecule has 0 fully saturated rings. The fourth-order valence-corrected chi connectivity index (χ4v) is 1.72. The number of aromatic nitrogens is 3. The number of anilines is 1. The maximum atomic E-state index is 5.80. The average Bonchev–Trinajstić information content (AvgIpc) is 2.70. The molecular formula is C12H19N5. The lowest BCUT2D eigenvalue weighted by molar-refractivity contribution is 0.496. The van der Waals surface area contributed by atoms with E-state index in [1.165, 1.54) is 0 Å². The molecule has 2 rings (SSSR count). The Hall–Kier alpha value is -1.62. The Balaban J connectivity index is 2.56. The minimum atomic E-state index is -0.140. The van der Waals surface area contributed by atoms with E-state index in [9.17, 15) is 0 Å². The number of nitrogens with two attached hydrogens (primary N) is 1. The summed E-state index contributed by atoms with van der Waals surface area (Å²) in [6.07, 6.45) is 3.61. The van der Waals surface area contributed by atoms with Crippen molar-refractivity contribution in [2.24, 2.45) is 12.8 Å². The van der Waals surface area contributed by atoms with Crippen LogP contribution in [0.25, 0.3) is 11.0 Å². The molecule has 0 aromatic carbocycles. The second kappa shape index (κ2) is 4.00. The van der Waals surface area contributed by atoms with Crippen LogP contribution >= 0.6 is 0 Å². The topological polar surface area (TPSA) is 60.0 Å². The highest BCUT2D eigenvalue weighted by Gasteiger charge is 2.25. The molecule has 2 N–H and O–H groups in total. The van der Waals surface area contributed by atoms with Gasteiger partial charge in [0.25, 0.3) is 0 Å². The molecule has 0 atom stereocenters. The van der Waals surface area contributed by atoms with Gasteiger partial charge in [0.05, 0.1) is 11.8 Å². The van der Waals surface area contributed by atoms with Gasteiger partial charge >= 0.3 is 0 Å². The van der Waals surface area contributed by atoms with Crippen LogP contribution in [0.1, 0.15) is 13.8 Å². The van der Waals surface area contributed by atoms with Crippen LogP contribution in [0.15, 0.2) is 18.6 Å². The summed E-state index contributed by atoms with van der Waals surface area (Å²) in [4.78, 5) is 10.9. The van der Waals surface area contributed by atoms with Crippen molar-refractivity contribution in [2.45, 2.75) is 19.4 Å². The highest BCUT2D eigenvalue weighted by Crippen LogP contribution is 2.26. The molecule has 2 heterocycles. The number of likely N-dealkylation sites (N-methyl/N-ethyl adjacent to an activating group) is 1. The molecule has 0 saturated heterocycles. The lowest BCUT2D eigenvalue weighted by atomic mass is 10.0. The Morgan fingerprint density at radius 2 is 2.12 bits per heavy atom. The second-order valence-electron chi connectivity index (χ2n) is 4.93. The van der Waals surface area contributed by atoms with E-state index in [0.717, 1.165) is 16.9 Å². The van der Waals surface area contributed by atoms with Crippen molar-refractivity contribution < 1.29 is 0 Å². The van der Waals surface area contributed by atoms with Crippen molar-refractivity contribution in [1.29, 1.82) is 0 Å². The SMILES string of the molecule is CN(c1nccc2c1ncn2C)C(C)(C)CN. The molecule has 2 aromatic heterocycles. The summed E-state index contributed by atoms with van der Waals surface area (Å²) in [5.41, 5.74) is 7.65. The summed E-state index contributed by atoms with van der Waals surface area (Å²) in [5, 5.41) is 0. The molecule has 0 aliphatic rings. The van der Waals surface area contributed by atoms with Crippen LogP contribution < -0.4 is 10.6 Å². The van der Waals surface area contributed by atoms with E-state index in [1.807, 2.05) is 30.9 Å². The second-order valence-corrected chi connectivity index (χ2v) is 4.93. The number of hydrogen-bond acceptors (Lipinski definition) is 4. The standard InChI is InChI=1S/C12H19N5/c1-12(2,7-13)17(4)11-10-9(5-6-14-11)16(3)8-15-10/h5-6,8H,7,13H2,1-4H3. The van der Waals surface area contributed by atoms with Gasteiger partial charge in [-0.05, 0) is 19.9 Å². The molecule has 0 saturated carbocycles. The molecule has 0 unspecified atom stereocenters. The molecule has 0 aliphatic heterocycles.